The van der Waals surface area contributed by atoms with Crippen molar-refractivity contribution in [3.8, 4) is 11.5 Å². The highest BCUT2D eigenvalue weighted by Gasteiger charge is 2.29. The summed E-state index contributed by atoms with van der Waals surface area (Å²) in [5, 5.41) is 3.91. The lowest BCUT2D eigenvalue weighted by Gasteiger charge is -2.22. The maximum absolute atomic E-state index is 12.9. The molecular weight excluding hydrogens is 477 g/mol. The third-order valence-electron chi connectivity index (χ3n) is 5.72. The first-order valence-electron chi connectivity index (χ1n) is 10.9. The van der Waals surface area contributed by atoms with E-state index in [1.165, 1.54) is 6.07 Å². The zero-order chi connectivity index (χ0) is 23.4. The lowest BCUT2D eigenvalue weighted by molar-refractivity contribution is -0.377. The molecule has 1 saturated carbocycles. The van der Waals surface area contributed by atoms with Crippen molar-refractivity contribution < 1.29 is 32.8 Å². The molecule has 2 aromatic rings. The summed E-state index contributed by atoms with van der Waals surface area (Å²) >= 11 is 12.7. The summed E-state index contributed by atoms with van der Waals surface area (Å²) in [6.07, 6.45) is 6.26. The lowest BCUT2D eigenvalue weighted by atomic mass is 10.0. The van der Waals surface area contributed by atoms with Gasteiger partial charge in [-0.1, -0.05) is 29.3 Å². The smallest absolute Gasteiger partial charge is 0.387 e. The molecule has 0 spiro atoms. The minimum atomic E-state index is -2.99. The fourth-order valence-corrected chi connectivity index (χ4v) is 4.25. The second kappa shape index (κ2) is 10.8. The van der Waals surface area contributed by atoms with Crippen LogP contribution in [-0.4, -0.2) is 31.8 Å². The van der Waals surface area contributed by atoms with Crippen LogP contribution < -0.4 is 19.8 Å². The Morgan fingerprint density at radius 3 is 2.55 bits per heavy atom. The quantitative estimate of drug-likeness (QED) is 0.474. The van der Waals surface area contributed by atoms with Crippen LogP contribution in [0.2, 0.25) is 10.0 Å². The van der Waals surface area contributed by atoms with Crippen molar-refractivity contribution in [1.82, 2.24) is 5.32 Å². The van der Waals surface area contributed by atoms with Crippen molar-refractivity contribution >= 4 is 29.2 Å². The SMILES string of the molecule is O=C(O[C@H](Cc1c(Cl)c[nH+]cc1Cl)c1ccc(OC(F)F)c(OCC2CC2)c1)[C@H]1CCCN1. The van der Waals surface area contributed by atoms with Gasteiger partial charge >= 0.3 is 12.6 Å². The van der Waals surface area contributed by atoms with Crippen LogP contribution in [0.3, 0.4) is 0 Å². The molecule has 1 aromatic heterocycles. The molecule has 1 aliphatic heterocycles. The van der Waals surface area contributed by atoms with E-state index in [-0.39, 0.29) is 23.9 Å². The van der Waals surface area contributed by atoms with Gasteiger partial charge in [0.25, 0.3) is 0 Å². The topological polar surface area (TPSA) is 70.9 Å². The zero-order valence-corrected chi connectivity index (χ0v) is 19.3. The molecule has 1 saturated heterocycles. The van der Waals surface area contributed by atoms with Gasteiger partial charge in [0.1, 0.15) is 22.2 Å². The number of halogens is 4. The number of hydrogen-bond donors (Lipinski definition) is 1. The number of ether oxygens (including phenoxy) is 3. The first kappa shape index (κ1) is 24.0. The highest BCUT2D eigenvalue weighted by atomic mass is 35.5. The van der Waals surface area contributed by atoms with Crippen molar-refractivity contribution in [2.75, 3.05) is 13.2 Å². The number of rotatable bonds is 10. The fraction of sp³-hybridized carbons (Fsp3) is 0.478. The monoisotopic (exact) mass is 501 g/mol. The summed E-state index contributed by atoms with van der Waals surface area (Å²) in [6, 6.07) is 4.17. The van der Waals surface area contributed by atoms with Crippen molar-refractivity contribution in [3.63, 3.8) is 0 Å². The Bertz CT molecular complexity index is 965. The maximum atomic E-state index is 12.9. The maximum Gasteiger partial charge on any atom is 0.387 e. The predicted octanol–water partition coefficient (Wildman–Crippen LogP) is 4.78. The third-order valence-corrected chi connectivity index (χ3v) is 6.39. The van der Waals surface area contributed by atoms with Gasteiger partial charge in [-0.25, -0.2) is 4.98 Å². The van der Waals surface area contributed by atoms with Gasteiger partial charge in [0.15, 0.2) is 23.9 Å². The van der Waals surface area contributed by atoms with Crippen LogP contribution in [0.25, 0.3) is 0 Å². The second-order valence-electron chi connectivity index (χ2n) is 8.25. The molecule has 0 bridgehead atoms. The minimum absolute atomic E-state index is 0.0673. The highest BCUT2D eigenvalue weighted by molar-refractivity contribution is 6.35. The Morgan fingerprint density at radius 2 is 1.91 bits per heavy atom. The number of esters is 1. The Kier molecular flexibility index (Phi) is 7.88. The van der Waals surface area contributed by atoms with Crippen molar-refractivity contribution in [2.45, 2.75) is 50.9 Å². The fourth-order valence-electron chi connectivity index (χ4n) is 3.72. The minimum Gasteiger partial charge on any atom is -0.489 e. The second-order valence-corrected chi connectivity index (χ2v) is 9.06. The van der Waals surface area contributed by atoms with Gasteiger partial charge in [-0.3, -0.25) is 4.79 Å². The number of nitrogens with one attached hydrogen (secondary N) is 2. The van der Waals surface area contributed by atoms with E-state index < -0.39 is 18.8 Å². The average molecular weight is 502 g/mol. The van der Waals surface area contributed by atoms with Gasteiger partial charge in [0.05, 0.1) is 6.61 Å². The predicted molar refractivity (Wildman–Crippen MR) is 118 cm³/mol. The van der Waals surface area contributed by atoms with Crippen molar-refractivity contribution in [1.29, 1.82) is 0 Å². The molecule has 0 unspecified atom stereocenters. The number of carbonyl (C=O) groups excluding carboxylic acids is 1. The molecule has 178 valence electrons. The van der Waals surface area contributed by atoms with E-state index in [1.807, 2.05) is 0 Å². The molecule has 0 amide bonds. The molecule has 6 nitrogen and oxygen atoms in total. The van der Waals surface area contributed by atoms with Crippen molar-refractivity contribution in [2.24, 2.45) is 5.92 Å². The molecule has 2 N–H and O–H groups in total. The largest absolute Gasteiger partial charge is 0.489 e. The van der Waals surface area contributed by atoms with Gasteiger partial charge in [-0.05, 0) is 55.8 Å². The number of alkyl halides is 2. The number of aromatic amines is 1. The molecule has 2 heterocycles. The van der Waals surface area contributed by atoms with E-state index in [4.69, 9.17) is 32.7 Å². The van der Waals surface area contributed by atoms with Crippen LogP contribution in [-0.2, 0) is 16.0 Å². The average Bonchev–Trinajstić information content (AvgIpc) is 3.44. The molecule has 0 radical (unpaired) electrons. The standard InChI is InChI=1S/C23H24Cl2F2N2O4/c24-16-10-28-11-17(25)15(16)9-20(32-22(30)18-2-1-7-29-18)14-5-6-19(33-23(26)27)21(8-14)31-12-13-3-4-13/h5-6,8,10-11,13,18,20,23,29H,1-4,7,9,12H2/p+1/t18-,20-/m1/s1. The van der Waals surface area contributed by atoms with Gasteiger partial charge in [-0.15, -0.1) is 0 Å². The van der Waals surface area contributed by atoms with Crippen LogP contribution in [0.5, 0.6) is 11.5 Å². The van der Waals surface area contributed by atoms with E-state index in [2.05, 4.69) is 15.0 Å². The molecule has 33 heavy (non-hydrogen) atoms. The zero-order valence-electron chi connectivity index (χ0n) is 17.8. The van der Waals surface area contributed by atoms with E-state index in [1.54, 1.807) is 24.5 Å². The summed E-state index contributed by atoms with van der Waals surface area (Å²) in [4.78, 5) is 15.6. The van der Waals surface area contributed by atoms with Crippen LogP contribution in [0.15, 0.2) is 30.6 Å². The number of aromatic nitrogens is 1. The number of H-pyrrole nitrogens is 1. The first-order valence-corrected chi connectivity index (χ1v) is 11.7. The molecule has 1 aliphatic carbocycles. The summed E-state index contributed by atoms with van der Waals surface area (Å²) in [5.74, 6) is 0.134. The van der Waals surface area contributed by atoms with Crippen LogP contribution in [0, 0.1) is 5.92 Å². The normalized spacial score (nSPS) is 18.9. The Balaban J connectivity index is 1.63. The number of carbonyl (C=O) groups is 1. The number of pyridine rings is 1. The molecule has 10 heteroatoms. The van der Waals surface area contributed by atoms with Gasteiger partial charge in [-0.2, -0.15) is 8.78 Å². The molecule has 2 fully saturated rings. The summed E-state index contributed by atoms with van der Waals surface area (Å²) in [6.45, 7) is -1.83. The van der Waals surface area contributed by atoms with Crippen LogP contribution in [0.4, 0.5) is 8.78 Å². The van der Waals surface area contributed by atoms with Crippen molar-refractivity contribution in [3.05, 3.63) is 51.8 Å². The molecule has 1 aromatic carbocycles. The number of hydrogen-bond acceptors (Lipinski definition) is 5. The van der Waals surface area contributed by atoms with Crippen LogP contribution >= 0.6 is 23.2 Å². The Hall–Kier alpha value is -2.16. The first-order chi connectivity index (χ1) is 15.9. The summed E-state index contributed by atoms with van der Waals surface area (Å²) in [7, 11) is 0. The van der Waals surface area contributed by atoms with E-state index in [0.29, 0.717) is 40.1 Å². The van der Waals surface area contributed by atoms with Gasteiger partial charge in [0.2, 0.25) is 0 Å². The number of benzene rings is 1. The molecule has 2 atom stereocenters. The van der Waals surface area contributed by atoms with E-state index in [0.717, 1.165) is 25.8 Å². The molecular formula is C23H25Cl2F2N2O4+. The highest BCUT2D eigenvalue weighted by Crippen LogP contribution is 2.37. The third kappa shape index (κ3) is 6.46. The van der Waals surface area contributed by atoms with Gasteiger partial charge in [0, 0.05) is 12.0 Å². The lowest BCUT2D eigenvalue weighted by Crippen LogP contribution is -2.33. The van der Waals surface area contributed by atoms with Gasteiger partial charge < -0.3 is 19.5 Å². The Morgan fingerprint density at radius 1 is 1.15 bits per heavy atom. The summed E-state index contributed by atoms with van der Waals surface area (Å²) < 4.78 is 42.1. The van der Waals surface area contributed by atoms with Crippen LogP contribution in [0.1, 0.15) is 42.9 Å². The molecule has 2 aliphatic rings. The summed E-state index contributed by atoms with van der Waals surface area (Å²) in [5.41, 5.74) is 1.16. The van der Waals surface area contributed by atoms with E-state index in [9.17, 15) is 13.6 Å². The van der Waals surface area contributed by atoms with E-state index >= 15 is 0 Å². The molecule has 4 rings (SSSR count). The Labute approximate surface area is 200 Å².